The number of Topliss-reactive ketones (excluding diaryl/α,β-unsaturated/α-hetero) is 1. The minimum atomic E-state index is -0.343. The average molecular weight is 358 g/mol. The van der Waals surface area contributed by atoms with Gasteiger partial charge in [0.2, 0.25) is 0 Å². The molecule has 2 saturated heterocycles. The number of para-hydroxylation sites is 1. The minimum absolute atomic E-state index is 0.0697. The number of nitrogens with one attached hydrogen (secondary N) is 1. The van der Waals surface area contributed by atoms with E-state index in [2.05, 4.69) is 24.4 Å². The number of hydrogen-bond acceptors (Lipinski definition) is 5. The van der Waals surface area contributed by atoms with Gasteiger partial charge in [0.1, 0.15) is 5.78 Å². The Morgan fingerprint density at radius 2 is 1.62 bits per heavy atom. The number of benzene rings is 1. The van der Waals surface area contributed by atoms with Crippen LogP contribution in [0.3, 0.4) is 0 Å². The molecule has 3 rings (SSSR count). The molecule has 0 aromatic heterocycles. The predicted molar refractivity (Wildman–Crippen MR) is 103 cm³/mol. The first-order valence-electron chi connectivity index (χ1n) is 9.42. The van der Waals surface area contributed by atoms with E-state index in [9.17, 15) is 4.79 Å². The molecule has 0 saturated carbocycles. The Kier molecular flexibility index (Phi) is 5.49. The third-order valence-electron chi connectivity index (χ3n) is 5.16. The highest BCUT2D eigenvalue weighted by atomic mass is 16.5. The van der Waals surface area contributed by atoms with E-state index in [1.165, 1.54) is 0 Å². The fourth-order valence-electron chi connectivity index (χ4n) is 3.61. The molecule has 2 heterocycles. The third-order valence-corrected chi connectivity index (χ3v) is 5.16. The van der Waals surface area contributed by atoms with Gasteiger partial charge in [-0.1, -0.05) is 18.2 Å². The van der Waals surface area contributed by atoms with Crippen LogP contribution in [-0.2, 0) is 14.3 Å². The molecule has 2 atom stereocenters. The number of carbonyl (C=O) groups excluding carboxylic acids is 1. The fraction of sp³-hybridized carbons (Fsp3) is 0.619. The number of ether oxygens (including phenoxy) is 2. The lowest BCUT2D eigenvalue weighted by Crippen LogP contribution is -2.45. The van der Waals surface area contributed by atoms with Crippen molar-refractivity contribution in [2.75, 3.05) is 18.6 Å². The van der Waals surface area contributed by atoms with Gasteiger partial charge in [0.25, 0.3) is 0 Å². The van der Waals surface area contributed by atoms with E-state index >= 15 is 0 Å². The number of hydrogen-bond donors (Lipinski definition) is 1. The van der Waals surface area contributed by atoms with E-state index in [1.54, 1.807) is 0 Å². The van der Waals surface area contributed by atoms with Crippen LogP contribution in [0.4, 0.5) is 5.69 Å². The molecule has 2 aliphatic heterocycles. The summed E-state index contributed by atoms with van der Waals surface area (Å²) >= 11 is 0. The molecule has 142 valence electrons. The Morgan fingerprint density at radius 3 is 2.27 bits per heavy atom. The average Bonchev–Trinajstić information content (AvgIpc) is 2.57. The maximum absolute atomic E-state index is 12.5. The van der Waals surface area contributed by atoms with Crippen molar-refractivity contribution in [1.82, 2.24) is 0 Å². The Morgan fingerprint density at radius 1 is 1.00 bits per heavy atom. The van der Waals surface area contributed by atoms with Crippen molar-refractivity contribution in [2.45, 2.75) is 58.2 Å². The lowest BCUT2D eigenvalue weighted by atomic mass is 9.80. The van der Waals surface area contributed by atoms with E-state index in [-0.39, 0.29) is 23.0 Å². The SMILES string of the molecule is CC1(C)CC(=O)[C@H](C[C@@H]2COC(C)(C)C/C2=N/Nc2ccccc2)CO1. The number of rotatable bonds is 4. The van der Waals surface area contributed by atoms with Crippen LogP contribution in [0.15, 0.2) is 35.4 Å². The van der Waals surface area contributed by atoms with Gasteiger partial charge in [-0.05, 0) is 46.2 Å². The predicted octanol–water partition coefficient (Wildman–Crippen LogP) is 4.04. The Balaban J connectivity index is 1.70. The van der Waals surface area contributed by atoms with Gasteiger partial charge in [0.15, 0.2) is 0 Å². The van der Waals surface area contributed by atoms with Gasteiger partial charge in [0.05, 0.1) is 30.1 Å². The van der Waals surface area contributed by atoms with Crippen LogP contribution >= 0.6 is 0 Å². The maximum Gasteiger partial charge on any atom is 0.141 e. The van der Waals surface area contributed by atoms with Gasteiger partial charge >= 0.3 is 0 Å². The van der Waals surface area contributed by atoms with Gasteiger partial charge < -0.3 is 9.47 Å². The van der Waals surface area contributed by atoms with Crippen LogP contribution in [0.2, 0.25) is 0 Å². The van der Waals surface area contributed by atoms with Crippen LogP contribution in [0, 0.1) is 11.8 Å². The van der Waals surface area contributed by atoms with Crippen molar-refractivity contribution in [3.05, 3.63) is 30.3 Å². The molecule has 2 fully saturated rings. The summed E-state index contributed by atoms with van der Waals surface area (Å²) < 4.78 is 11.9. The number of hydrazone groups is 1. The van der Waals surface area contributed by atoms with Gasteiger partial charge in [-0.25, -0.2) is 0 Å². The molecule has 5 nitrogen and oxygen atoms in total. The van der Waals surface area contributed by atoms with Crippen molar-refractivity contribution in [3.63, 3.8) is 0 Å². The summed E-state index contributed by atoms with van der Waals surface area (Å²) in [5.41, 5.74) is 4.62. The summed E-state index contributed by atoms with van der Waals surface area (Å²) in [6, 6.07) is 9.92. The second-order valence-electron chi connectivity index (χ2n) is 8.67. The first-order chi connectivity index (χ1) is 12.2. The molecular weight excluding hydrogens is 328 g/mol. The molecule has 1 N–H and O–H groups in total. The zero-order valence-corrected chi connectivity index (χ0v) is 16.2. The molecule has 0 unspecified atom stereocenters. The molecule has 5 heteroatoms. The van der Waals surface area contributed by atoms with E-state index in [4.69, 9.17) is 9.47 Å². The Labute approximate surface area is 156 Å². The molecule has 0 bridgehead atoms. The Hall–Kier alpha value is -1.72. The smallest absolute Gasteiger partial charge is 0.141 e. The molecule has 2 aliphatic rings. The molecule has 1 aromatic rings. The highest BCUT2D eigenvalue weighted by molar-refractivity contribution is 5.90. The number of nitrogens with zero attached hydrogens (tertiary/aromatic N) is 1. The second kappa shape index (κ2) is 7.49. The van der Waals surface area contributed by atoms with Crippen molar-refractivity contribution in [2.24, 2.45) is 16.9 Å². The Bertz CT molecular complexity index is 667. The zero-order valence-electron chi connectivity index (χ0n) is 16.2. The lowest BCUT2D eigenvalue weighted by molar-refractivity contribution is -0.146. The molecule has 26 heavy (non-hydrogen) atoms. The second-order valence-corrected chi connectivity index (χ2v) is 8.67. The lowest BCUT2D eigenvalue weighted by Gasteiger charge is -2.39. The topological polar surface area (TPSA) is 59.9 Å². The minimum Gasteiger partial charge on any atom is -0.374 e. The first kappa shape index (κ1) is 19.1. The van der Waals surface area contributed by atoms with E-state index < -0.39 is 0 Å². The highest BCUT2D eigenvalue weighted by Gasteiger charge is 2.39. The van der Waals surface area contributed by atoms with Crippen molar-refractivity contribution in [3.8, 4) is 0 Å². The quantitative estimate of drug-likeness (QED) is 0.825. The van der Waals surface area contributed by atoms with Gasteiger partial charge in [-0.15, -0.1) is 0 Å². The molecule has 1 aromatic carbocycles. The molecular formula is C21H30N2O3. The van der Waals surface area contributed by atoms with E-state index in [0.29, 0.717) is 25.4 Å². The monoisotopic (exact) mass is 358 g/mol. The highest BCUT2D eigenvalue weighted by Crippen LogP contribution is 2.33. The maximum atomic E-state index is 12.5. The van der Waals surface area contributed by atoms with Gasteiger partial charge in [-0.3, -0.25) is 10.2 Å². The molecule has 0 aliphatic carbocycles. The summed E-state index contributed by atoms with van der Waals surface area (Å²) in [6.07, 6.45) is 1.97. The number of carbonyl (C=O) groups is 1. The van der Waals surface area contributed by atoms with Crippen molar-refractivity contribution < 1.29 is 14.3 Å². The van der Waals surface area contributed by atoms with Crippen LogP contribution in [0.1, 0.15) is 47.0 Å². The first-order valence-corrected chi connectivity index (χ1v) is 9.42. The van der Waals surface area contributed by atoms with Crippen LogP contribution < -0.4 is 5.43 Å². The van der Waals surface area contributed by atoms with Gasteiger partial charge in [-0.2, -0.15) is 5.10 Å². The van der Waals surface area contributed by atoms with Crippen LogP contribution in [0.25, 0.3) is 0 Å². The largest absolute Gasteiger partial charge is 0.374 e. The molecule has 0 spiro atoms. The summed E-state index contributed by atoms with van der Waals surface area (Å²) in [4.78, 5) is 12.5. The third kappa shape index (κ3) is 4.92. The normalized spacial score (nSPS) is 29.5. The summed E-state index contributed by atoms with van der Waals surface area (Å²) in [5.74, 6) is 0.360. The van der Waals surface area contributed by atoms with E-state index in [0.717, 1.165) is 24.2 Å². The standard InChI is InChI=1S/C21H30N2O3/c1-20(2)11-18(23-22-17-8-6-5-7-9-17)15(13-25-20)10-16-14-26-21(3,4)12-19(16)24/h5-9,15-16,22H,10-14H2,1-4H3/b23-18-/t15-,16-/m1/s1. The summed E-state index contributed by atoms with van der Waals surface area (Å²) in [6.45, 7) is 9.20. The number of anilines is 1. The fourth-order valence-corrected chi connectivity index (χ4v) is 3.61. The van der Waals surface area contributed by atoms with Crippen LogP contribution in [-0.4, -0.2) is 35.9 Å². The number of ketones is 1. The molecule has 0 amide bonds. The zero-order chi connectivity index (χ0) is 18.8. The van der Waals surface area contributed by atoms with Crippen LogP contribution in [0.5, 0.6) is 0 Å². The van der Waals surface area contributed by atoms with Crippen molar-refractivity contribution >= 4 is 17.2 Å². The summed E-state index contributed by atoms with van der Waals surface area (Å²) in [5, 5.41) is 4.68. The van der Waals surface area contributed by atoms with E-state index in [1.807, 2.05) is 44.2 Å². The summed E-state index contributed by atoms with van der Waals surface area (Å²) in [7, 11) is 0. The molecule has 0 radical (unpaired) electrons. The van der Waals surface area contributed by atoms with Gasteiger partial charge in [0, 0.05) is 30.4 Å². The van der Waals surface area contributed by atoms with Crippen molar-refractivity contribution in [1.29, 1.82) is 0 Å².